The summed E-state index contributed by atoms with van der Waals surface area (Å²) in [6.45, 7) is 3.65. The number of hydrogen-bond acceptors (Lipinski definition) is 5. The van der Waals surface area contributed by atoms with Gasteiger partial charge in [0.15, 0.2) is 0 Å². The normalized spacial score (nSPS) is 18.9. The first-order valence-electron chi connectivity index (χ1n) is 10.6. The zero-order chi connectivity index (χ0) is 24.9. The molecule has 1 atom stereocenters. The van der Waals surface area contributed by atoms with Gasteiger partial charge >= 0.3 is 18.1 Å². The predicted octanol–water partition coefficient (Wildman–Crippen LogP) is 4.41. The summed E-state index contributed by atoms with van der Waals surface area (Å²) in [5, 5.41) is 15.6. The predicted molar refractivity (Wildman–Crippen MR) is 122 cm³/mol. The lowest BCUT2D eigenvalue weighted by Gasteiger charge is -2.38. The van der Waals surface area contributed by atoms with E-state index in [9.17, 15) is 22.8 Å². The van der Waals surface area contributed by atoms with Gasteiger partial charge < -0.3 is 15.1 Å². The summed E-state index contributed by atoms with van der Waals surface area (Å²) in [6.07, 6.45) is -2.45. The van der Waals surface area contributed by atoms with Crippen LogP contribution in [-0.2, 0) is 22.2 Å². The molecular formula is C24H25F3N2O4S. The molecule has 1 saturated heterocycles. The summed E-state index contributed by atoms with van der Waals surface area (Å²) in [5.74, 6) is -2.51. The fourth-order valence-corrected chi connectivity index (χ4v) is 5.00. The number of carboxylic acids is 2. The minimum atomic E-state index is -4.31. The number of alkyl halides is 3. The first-order valence-corrected chi connectivity index (χ1v) is 11.4. The second-order valence-electron chi connectivity index (χ2n) is 8.03. The largest absolute Gasteiger partial charge is 0.478 e. The Hall–Kier alpha value is -2.82. The molecule has 0 aliphatic carbocycles. The highest BCUT2D eigenvalue weighted by atomic mass is 32.2. The lowest BCUT2D eigenvalue weighted by molar-refractivity contribution is -0.137. The zero-order valence-corrected chi connectivity index (χ0v) is 19.3. The summed E-state index contributed by atoms with van der Waals surface area (Å²) in [5.41, 5.74) is 1.47. The van der Waals surface area contributed by atoms with Crippen molar-refractivity contribution in [3.8, 4) is 0 Å². The van der Waals surface area contributed by atoms with Crippen LogP contribution in [0.2, 0.25) is 0 Å². The maximum absolute atomic E-state index is 13.3. The van der Waals surface area contributed by atoms with Crippen molar-refractivity contribution in [2.75, 3.05) is 33.2 Å². The van der Waals surface area contributed by atoms with Crippen molar-refractivity contribution in [2.45, 2.75) is 28.4 Å². The molecule has 1 unspecified atom stereocenters. The van der Waals surface area contributed by atoms with Crippen LogP contribution in [0.25, 0.3) is 0 Å². The molecule has 34 heavy (non-hydrogen) atoms. The molecule has 4 rings (SSSR count). The third kappa shape index (κ3) is 6.85. The minimum Gasteiger partial charge on any atom is -0.478 e. The summed E-state index contributed by atoms with van der Waals surface area (Å²) in [7, 11) is 2.09. The molecule has 2 N–H and O–H groups in total. The van der Waals surface area contributed by atoms with Crippen molar-refractivity contribution < 1.29 is 33.0 Å². The molecule has 0 aromatic heterocycles. The average Bonchev–Trinajstić information content (AvgIpc) is 2.94. The van der Waals surface area contributed by atoms with Gasteiger partial charge in [-0.2, -0.15) is 13.2 Å². The molecule has 182 valence electrons. The van der Waals surface area contributed by atoms with Crippen molar-refractivity contribution in [1.82, 2.24) is 9.80 Å². The zero-order valence-electron chi connectivity index (χ0n) is 18.5. The monoisotopic (exact) mass is 494 g/mol. The lowest BCUT2D eigenvalue weighted by Crippen LogP contribution is -2.46. The molecule has 2 heterocycles. The molecule has 10 heteroatoms. The standard InChI is InChI=1S/C20H21F3N2S.C4H4O4/c1-24-8-10-25(11-9-24)17-12-14-4-2-3-5-18(14)26-19-7-6-15(13-16(17)19)20(21,22)23;5-3(6)1-2-4(7)8/h2-7,13,17H,8-12H2,1H3;1-2H,(H,5,6)(H,7,8)/b;2-1-. The van der Waals surface area contributed by atoms with Gasteiger partial charge in [0.1, 0.15) is 0 Å². The molecule has 2 aromatic carbocycles. The van der Waals surface area contributed by atoms with Crippen molar-refractivity contribution in [3.63, 3.8) is 0 Å². The Morgan fingerprint density at radius 2 is 1.59 bits per heavy atom. The molecule has 2 aromatic rings. The number of rotatable bonds is 3. The number of likely N-dealkylation sites (N-methyl/N-ethyl adjacent to an activating group) is 1. The maximum atomic E-state index is 13.3. The van der Waals surface area contributed by atoms with Gasteiger partial charge in [0.2, 0.25) is 0 Å². The molecule has 6 nitrogen and oxygen atoms in total. The topological polar surface area (TPSA) is 81.1 Å². The Morgan fingerprint density at radius 1 is 0.971 bits per heavy atom. The van der Waals surface area contributed by atoms with E-state index in [2.05, 4.69) is 29.0 Å². The van der Waals surface area contributed by atoms with E-state index in [4.69, 9.17) is 10.2 Å². The molecule has 0 amide bonds. The van der Waals surface area contributed by atoms with E-state index in [0.29, 0.717) is 12.2 Å². The maximum Gasteiger partial charge on any atom is 0.416 e. The number of aliphatic carboxylic acids is 2. The molecule has 0 radical (unpaired) electrons. The van der Waals surface area contributed by atoms with E-state index in [1.54, 1.807) is 17.8 Å². The molecule has 0 saturated carbocycles. The van der Waals surface area contributed by atoms with Gasteiger partial charge in [-0.25, -0.2) is 9.59 Å². The molecule has 2 aliphatic rings. The van der Waals surface area contributed by atoms with Crippen LogP contribution < -0.4 is 0 Å². The number of hydrogen-bond donors (Lipinski definition) is 2. The van der Waals surface area contributed by atoms with Crippen LogP contribution in [0.15, 0.2) is 64.4 Å². The smallest absolute Gasteiger partial charge is 0.416 e. The Morgan fingerprint density at radius 3 is 2.18 bits per heavy atom. The Bertz CT molecular complexity index is 1050. The number of fused-ring (bicyclic) bond motifs is 2. The highest BCUT2D eigenvalue weighted by molar-refractivity contribution is 7.99. The van der Waals surface area contributed by atoms with Crippen LogP contribution >= 0.6 is 11.8 Å². The molecule has 2 aliphatic heterocycles. The van der Waals surface area contributed by atoms with Gasteiger partial charge in [-0.15, -0.1) is 0 Å². The Kier molecular flexibility index (Phi) is 8.40. The van der Waals surface area contributed by atoms with Crippen LogP contribution in [-0.4, -0.2) is 65.2 Å². The quantitative estimate of drug-likeness (QED) is 0.612. The van der Waals surface area contributed by atoms with Gasteiger partial charge in [0.25, 0.3) is 0 Å². The van der Waals surface area contributed by atoms with Crippen LogP contribution in [0.1, 0.15) is 22.7 Å². The Balaban J connectivity index is 0.000000350. The first-order chi connectivity index (χ1) is 16.0. The van der Waals surface area contributed by atoms with Gasteiger partial charge in [0, 0.05) is 54.2 Å². The lowest BCUT2D eigenvalue weighted by atomic mass is 9.95. The molecular weight excluding hydrogens is 469 g/mol. The highest BCUT2D eigenvalue weighted by Crippen LogP contribution is 2.44. The SMILES string of the molecule is CN1CCN(C2Cc3ccccc3Sc3ccc(C(F)(F)F)cc32)CC1.O=C(O)/C=C\C(=O)O. The van der Waals surface area contributed by atoms with E-state index in [0.717, 1.165) is 48.0 Å². The third-order valence-electron chi connectivity index (χ3n) is 5.65. The summed E-state index contributed by atoms with van der Waals surface area (Å²) >= 11 is 1.59. The first kappa shape index (κ1) is 25.8. The van der Waals surface area contributed by atoms with Crippen LogP contribution in [0.4, 0.5) is 13.2 Å². The van der Waals surface area contributed by atoms with Crippen LogP contribution in [0.5, 0.6) is 0 Å². The van der Waals surface area contributed by atoms with E-state index in [1.165, 1.54) is 17.7 Å². The number of carbonyl (C=O) groups is 2. The minimum absolute atomic E-state index is 0.0165. The van der Waals surface area contributed by atoms with Gasteiger partial charge in [0.05, 0.1) is 5.56 Å². The fraction of sp³-hybridized carbons (Fsp3) is 0.333. The second kappa shape index (κ2) is 11.1. The van der Waals surface area contributed by atoms with E-state index >= 15 is 0 Å². The van der Waals surface area contributed by atoms with Crippen LogP contribution in [0.3, 0.4) is 0 Å². The fourth-order valence-electron chi connectivity index (χ4n) is 3.89. The molecule has 0 spiro atoms. The van der Waals surface area contributed by atoms with Crippen LogP contribution in [0, 0.1) is 0 Å². The number of carboxylic acid groups (broad SMARTS) is 2. The van der Waals surface area contributed by atoms with E-state index in [-0.39, 0.29) is 6.04 Å². The van der Waals surface area contributed by atoms with Crippen molar-refractivity contribution in [3.05, 3.63) is 71.3 Å². The van der Waals surface area contributed by atoms with Gasteiger partial charge in [-0.1, -0.05) is 30.0 Å². The molecule has 0 bridgehead atoms. The average molecular weight is 495 g/mol. The van der Waals surface area contributed by atoms with Gasteiger partial charge in [-0.05, 0) is 48.9 Å². The highest BCUT2D eigenvalue weighted by Gasteiger charge is 2.34. The number of piperazine rings is 1. The van der Waals surface area contributed by atoms with E-state index < -0.39 is 23.7 Å². The van der Waals surface area contributed by atoms with Crippen molar-refractivity contribution in [2.24, 2.45) is 0 Å². The summed E-state index contributed by atoms with van der Waals surface area (Å²) < 4.78 is 39.9. The number of halogens is 3. The third-order valence-corrected chi connectivity index (χ3v) is 6.86. The molecule has 1 fully saturated rings. The van der Waals surface area contributed by atoms with Crippen molar-refractivity contribution in [1.29, 1.82) is 0 Å². The summed E-state index contributed by atoms with van der Waals surface area (Å²) in [6, 6.07) is 12.4. The Labute approximate surface area is 199 Å². The number of nitrogens with zero attached hydrogens (tertiary/aromatic N) is 2. The number of benzene rings is 2. The second-order valence-corrected chi connectivity index (χ2v) is 9.11. The summed E-state index contributed by atoms with van der Waals surface area (Å²) in [4.78, 5) is 25.8. The van der Waals surface area contributed by atoms with Crippen molar-refractivity contribution >= 4 is 23.7 Å². The van der Waals surface area contributed by atoms with E-state index in [1.807, 2.05) is 12.1 Å². The van der Waals surface area contributed by atoms with Gasteiger partial charge in [-0.3, -0.25) is 4.90 Å².